The smallest absolute Gasteiger partial charge is 0.113 e. The standard InChI is InChI=1S/C16H28N2S/c1-5-15(3,4)13-7-9-16(10-8-13,18-6-2)14-17-11-12-19-14/h11-13,18H,5-10H2,1-4H3. The maximum Gasteiger partial charge on any atom is 0.113 e. The largest absolute Gasteiger partial charge is 0.306 e. The number of nitrogens with one attached hydrogen (secondary N) is 1. The summed E-state index contributed by atoms with van der Waals surface area (Å²) in [4.78, 5) is 4.59. The summed E-state index contributed by atoms with van der Waals surface area (Å²) in [6.45, 7) is 10.4. The summed E-state index contributed by atoms with van der Waals surface area (Å²) < 4.78 is 0. The Bertz CT molecular complexity index is 375. The fraction of sp³-hybridized carbons (Fsp3) is 0.812. The molecule has 19 heavy (non-hydrogen) atoms. The van der Waals surface area contributed by atoms with Crippen LogP contribution in [0.5, 0.6) is 0 Å². The minimum Gasteiger partial charge on any atom is -0.306 e. The van der Waals surface area contributed by atoms with Crippen LogP contribution in [0.4, 0.5) is 0 Å². The fourth-order valence-electron chi connectivity index (χ4n) is 3.45. The molecule has 1 aromatic heterocycles. The molecule has 3 heteroatoms. The molecule has 1 saturated carbocycles. The molecule has 1 aromatic rings. The highest BCUT2D eigenvalue weighted by Gasteiger charge is 2.41. The van der Waals surface area contributed by atoms with Crippen LogP contribution in [0.15, 0.2) is 11.6 Å². The van der Waals surface area contributed by atoms with E-state index in [9.17, 15) is 0 Å². The summed E-state index contributed by atoms with van der Waals surface area (Å²) in [5.74, 6) is 0.865. The van der Waals surface area contributed by atoms with Gasteiger partial charge in [0.1, 0.15) is 5.01 Å². The number of hydrogen-bond acceptors (Lipinski definition) is 3. The molecule has 0 unspecified atom stereocenters. The zero-order valence-corrected chi connectivity index (χ0v) is 13.6. The van der Waals surface area contributed by atoms with Gasteiger partial charge in [0.05, 0.1) is 5.54 Å². The monoisotopic (exact) mass is 280 g/mol. The minimum atomic E-state index is 0.156. The lowest BCUT2D eigenvalue weighted by Crippen LogP contribution is -2.46. The first-order valence-corrected chi connectivity index (χ1v) is 8.57. The SMILES string of the molecule is CCNC1(c2nccs2)CCC(C(C)(C)CC)CC1. The first-order chi connectivity index (χ1) is 9.04. The summed E-state index contributed by atoms with van der Waals surface area (Å²) in [6, 6.07) is 0. The number of aromatic nitrogens is 1. The topological polar surface area (TPSA) is 24.9 Å². The molecule has 0 aliphatic heterocycles. The Hall–Kier alpha value is -0.410. The van der Waals surface area contributed by atoms with Gasteiger partial charge in [-0.15, -0.1) is 11.3 Å². The molecule has 2 nitrogen and oxygen atoms in total. The van der Waals surface area contributed by atoms with Gasteiger partial charge in [0.15, 0.2) is 0 Å². The average molecular weight is 280 g/mol. The van der Waals surface area contributed by atoms with Gasteiger partial charge in [-0.05, 0) is 43.6 Å². The summed E-state index contributed by atoms with van der Waals surface area (Å²) in [5.41, 5.74) is 0.643. The van der Waals surface area contributed by atoms with E-state index in [0.29, 0.717) is 5.41 Å². The van der Waals surface area contributed by atoms with E-state index in [2.05, 4.69) is 43.4 Å². The molecule has 0 saturated heterocycles. The number of hydrogen-bond donors (Lipinski definition) is 1. The third-order valence-electron chi connectivity index (χ3n) is 5.21. The first-order valence-electron chi connectivity index (χ1n) is 7.69. The third-order valence-corrected chi connectivity index (χ3v) is 6.19. The highest BCUT2D eigenvalue weighted by molar-refractivity contribution is 7.09. The average Bonchev–Trinajstić information content (AvgIpc) is 2.94. The molecule has 1 heterocycles. The molecule has 1 fully saturated rings. The molecule has 108 valence electrons. The number of thiazole rings is 1. The molecule has 0 aromatic carbocycles. The normalized spacial score (nSPS) is 28.5. The summed E-state index contributed by atoms with van der Waals surface area (Å²) >= 11 is 1.81. The molecular formula is C16H28N2S. The molecule has 0 spiro atoms. The highest BCUT2D eigenvalue weighted by Crippen LogP contribution is 2.47. The Labute approximate surface area is 122 Å². The maximum absolute atomic E-state index is 4.59. The van der Waals surface area contributed by atoms with Crippen molar-refractivity contribution in [3.05, 3.63) is 16.6 Å². The molecule has 1 N–H and O–H groups in total. The number of nitrogens with zero attached hydrogens (tertiary/aromatic N) is 1. The van der Waals surface area contributed by atoms with Crippen LogP contribution in [-0.4, -0.2) is 11.5 Å². The van der Waals surface area contributed by atoms with E-state index < -0.39 is 0 Å². The molecule has 0 radical (unpaired) electrons. The van der Waals surface area contributed by atoms with Crippen LogP contribution < -0.4 is 5.32 Å². The summed E-state index contributed by atoms with van der Waals surface area (Å²) in [5, 5.41) is 7.14. The van der Waals surface area contributed by atoms with Crippen LogP contribution in [-0.2, 0) is 5.54 Å². The molecule has 1 aliphatic rings. The Morgan fingerprint density at radius 3 is 2.53 bits per heavy atom. The minimum absolute atomic E-state index is 0.156. The second-order valence-electron chi connectivity index (χ2n) is 6.57. The van der Waals surface area contributed by atoms with E-state index in [1.807, 2.05) is 17.5 Å². The van der Waals surface area contributed by atoms with Crippen molar-refractivity contribution in [3.63, 3.8) is 0 Å². The quantitative estimate of drug-likeness (QED) is 0.854. The van der Waals surface area contributed by atoms with Crippen molar-refractivity contribution >= 4 is 11.3 Å². The van der Waals surface area contributed by atoms with Crippen molar-refractivity contribution in [2.45, 2.75) is 65.3 Å². The van der Waals surface area contributed by atoms with E-state index in [1.54, 1.807) is 0 Å². The Morgan fingerprint density at radius 2 is 2.05 bits per heavy atom. The molecule has 0 atom stereocenters. The molecule has 0 amide bonds. The Morgan fingerprint density at radius 1 is 1.37 bits per heavy atom. The summed E-state index contributed by atoms with van der Waals surface area (Å²) in [7, 11) is 0. The van der Waals surface area contributed by atoms with Gasteiger partial charge in [0.25, 0.3) is 0 Å². The Kier molecular flexibility index (Phi) is 4.67. The van der Waals surface area contributed by atoms with Crippen molar-refractivity contribution in [1.29, 1.82) is 0 Å². The van der Waals surface area contributed by atoms with Crippen molar-refractivity contribution in [2.24, 2.45) is 11.3 Å². The van der Waals surface area contributed by atoms with Gasteiger partial charge in [-0.3, -0.25) is 0 Å². The molecule has 0 bridgehead atoms. The van der Waals surface area contributed by atoms with Gasteiger partial charge in [0, 0.05) is 11.6 Å². The number of rotatable bonds is 5. The van der Waals surface area contributed by atoms with Crippen LogP contribution in [0, 0.1) is 11.3 Å². The lowest BCUT2D eigenvalue weighted by atomic mass is 9.65. The van der Waals surface area contributed by atoms with E-state index in [4.69, 9.17) is 0 Å². The zero-order valence-electron chi connectivity index (χ0n) is 12.8. The van der Waals surface area contributed by atoms with E-state index in [1.165, 1.54) is 37.1 Å². The van der Waals surface area contributed by atoms with Crippen LogP contribution in [0.25, 0.3) is 0 Å². The van der Waals surface area contributed by atoms with Crippen LogP contribution in [0.2, 0.25) is 0 Å². The van der Waals surface area contributed by atoms with Gasteiger partial charge in [-0.1, -0.05) is 34.1 Å². The molecular weight excluding hydrogens is 252 g/mol. The van der Waals surface area contributed by atoms with E-state index in [0.717, 1.165) is 12.5 Å². The predicted molar refractivity (Wildman–Crippen MR) is 83.5 cm³/mol. The van der Waals surface area contributed by atoms with Crippen LogP contribution >= 0.6 is 11.3 Å². The second-order valence-corrected chi connectivity index (χ2v) is 7.46. The Balaban J connectivity index is 2.10. The highest BCUT2D eigenvalue weighted by atomic mass is 32.1. The van der Waals surface area contributed by atoms with Crippen molar-refractivity contribution in [3.8, 4) is 0 Å². The third kappa shape index (κ3) is 3.03. The van der Waals surface area contributed by atoms with Crippen LogP contribution in [0.3, 0.4) is 0 Å². The lowest BCUT2D eigenvalue weighted by molar-refractivity contribution is 0.0984. The van der Waals surface area contributed by atoms with Gasteiger partial charge in [-0.2, -0.15) is 0 Å². The summed E-state index contributed by atoms with van der Waals surface area (Å²) in [6.07, 6.45) is 8.36. The lowest BCUT2D eigenvalue weighted by Gasteiger charge is -2.44. The first kappa shape index (κ1) is 15.0. The predicted octanol–water partition coefficient (Wildman–Crippen LogP) is 4.57. The van der Waals surface area contributed by atoms with E-state index in [-0.39, 0.29) is 5.54 Å². The van der Waals surface area contributed by atoms with Gasteiger partial charge < -0.3 is 5.32 Å². The van der Waals surface area contributed by atoms with Gasteiger partial charge >= 0.3 is 0 Å². The van der Waals surface area contributed by atoms with Gasteiger partial charge in [-0.25, -0.2) is 4.98 Å². The van der Waals surface area contributed by atoms with Gasteiger partial charge in [0.2, 0.25) is 0 Å². The van der Waals surface area contributed by atoms with E-state index >= 15 is 0 Å². The van der Waals surface area contributed by atoms with Crippen LogP contribution in [0.1, 0.15) is 64.8 Å². The van der Waals surface area contributed by atoms with Crippen molar-refractivity contribution < 1.29 is 0 Å². The second kappa shape index (κ2) is 5.92. The fourth-order valence-corrected chi connectivity index (χ4v) is 4.32. The maximum atomic E-state index is 4.59. The van der Waals surface area contributed by atoms with Crippen molar-refractivity contribution in [2.75, 3.05) is 6.54 Å². The molecule has 1 aliphatic carbocycles. The molecule has 2 rings (SSSR count). The zero-order chi connectivity index (χ0) is 13.9. The van der Waals surface area contributed by atoms with Crippen molar-refractivity contribution in [1.82, 2.24) is 10.3 Å².